The second-order valence-corrected chi connectivity index (χ2v) is 4.68. The average Bonchev–Trinajstić information content (AvgIpc) is 2.40. The van der Waals surface area contributed by atoms with Gasteiger partial charge in [-0.05, 0) is 31.5 Å². The Morgan fingerprint density at radius 1 is 1.50 bits per heavy atom. The molecule has 0 aliphatic rings. The first-order valence-electron chi connectivity index (χ1n) is 6.10. The summed E-state index contributed by atoms with van der Waals surface area (Å²) in [6, 6.07) is 6.20. The van der Waals surface area contributed by atoms with Crippen molar-refractivity contribution < 1.29 is 14.7 Å². The van der Waals surface area contributed by atoms with Crippen molar-refractivity contribution in [3.8, 4) is 6.07 Å². The molecule has 6 nitrogen and oxygen atoms in total. The lowest BCUT2D eigenvalue weighted by atomic mass is 10.1. The summed E-state index contributed by atoms with van der Waals surface area (Å²) in [5, 5.41) is 20.3. The van der Waals surface area contributed by atoms with Crippen LogP contribution in [-0.4, -0.2) is 35.6 Å². The van der Waals surface area contributed by atoms with E-state index in [0.29, 0.717) is 12.2 Å². The number of rotatable bonds is 4. The lowest BCUT2D eigenvalue weighted by Gasteiger charge is -2.19. The predicted molar refractivity (Wildman–Crippen MR) is 74.6 cm³/mol. The third-order valence-electron chi connectivity index (χ3n) is 2.84. The van der Waals surface area contributed by atoms with Crippen LogP contribution in [0.1, 0.15) is 22.8 Å². The van der Waals surface area contributed by atoms with Gasteiger partial charge in [-0.2, -0.15) is 5.26 Å². The van der Waals surface area contributed by atoms with Crippen molar-refractivity contribution in [3.05, 3.63) is 29.3 Å². The minimum atomic E-state index is -1.05. The molecule has 0 spiro atoms. The van der Waals surface area contributed by atoms with Gasteiger partial charge in [-0.25, -0.2) is 9.59 Å². The highest BCUT2D eigenvalue weighted by Crippen LogP contribution is 2.17. The van der Waals surface area contributed by atoms with E-state index in [-0.39, 0.29) is 17.5 Å². The van der Waals surface area contributed by atoms with Gasteiger partial charge in [0.1, 0.15) is 0 Å². The number of benzene rings is 1. The number of urea groups is 1. The zero-order chi connectivity index (χ0) is 15.3. The van der Waals surface area contributed by atoms with Crippen molar-refractivity contribution in [3.63, 3.8) is 0 Å². The highest BCUT2D eigenvalue weighted by atomic mass is 16.4. The van der Waals surface area contributed by atoms with Crippen molar-refractivity contribution >= 4 is 17.7 Å². The Bertz CT molecular complexity index is 563. The standard InChI is InChI=1S/C14H17N3O3/c1-9(7-15)8-17(3)14(20)16-12-6-11(13(18)19)5-4-10(12)2/h4-6,9H,8H2,1-3H3,(H,16,20)(H,18,19). The number of carboxylic acid groups (broad SMARTS) is 1. The fraction of sp³-hybridized carbons (Fsp3) is 0.357. The summed E-state index contributed by atoms with van der Waals surface area (Å²) in [6.45, 7) is 3.80. The van der Waals surface area contributed by atoms with Crippen molar-refractivity contribution in [1.82, 2.24) is 4.90 Å². The number of carbonyl (C=O) groups excluding carboxylic acids is 1. The van der Waals surface area contributed by atoms with Gasteiger partial charge in [-0.15, -0.1) is 0 Å². The van der Waals surface area contributed by atoms with Gasteiger partial charge in [0, 0.05) is 19.3 Å². The van der Waals surface area contributed by atoms with Crippen molar-refractivity contribution in [2.45, 2.75) is 13.8 Å². The Balaban J connectivity index is 2.82. The molecule has 0 aliphatic carbocycles. The van der Waals surface area contributed by atoms with E-state index in [4.69, 9.17) is 10.4 Å². The smallest absolute Gasteiger partial charge is 0.335 e. The molecule has 0 saturated heterocycles. The SMILES string of the molecule is Cc1ccc(C(=O)O)cc1NC(=O)N(C)CC(C)C#N. The lowest BCUT2D eigenvalue weighted by molar-refractivity contribution is 0.0697. The molecule has 0 aliphatic heterocycles. The summed E-state index contributed by atoms with van der Waals surface area (Å²) in [5.74, 6) is -1.32. The third-order valence-corrected chi connectivity index (χ3v) is 2.84. The van der Waals surface area contributed by atoms with Gasteiger partial charge >= 0.3 is 12.0 Å². The van der Waals surface area contributed by atoms with E-state index >= 15 is 0 Å². The minimum absolute atomic E-state index is 0.110. The van der Waals surface area contributed by atoms with Crippen molar-refractivity contribution in [2.75, 3.05) is 18.9 Å². The van der Waals surface area contributed by atoms with Gasteiger partial charge in [0.2, 0.25) is 0 Å². The Labute approximate surface area is 117 Å². The summed E-state index contributed by atoms with van der Waals surface area (Å²) >= 11 is 0. The quantitative estimate of drug-likeness (QED) is 0.881. The summed E-state index contributed by atoms with van der Waals surface area (Å²) in [6.07, 6.45) is 0. The van der Waals surface area contributed by atoms with Crippen LogP contribution < -0.4 is 5.32 Å². The van der Waals surface area contributed by atoms with Crippen LogP contribution in [0.2, 0.25) is 0 Å². The van der Waals surface area contributed by atoms with E-state index in [2.05, 4.69) is 11.4 Å². The summed E-state index contributed by atoms with van der Waals surface area (Å²) in [5.41, 5.74) is 1.33. The third kappa shape index (κ3) is 3.99. The van der Waals surface area contributed by atoms with Crippen LogP contribution in [0.5, 0.6) is 0 Å². The van der Waals surface area contributed by atoms with Gasteiger partial charge in [-0.1, -0.05) is 6.07 Å². The van der Waals surface area contributed by atoms with Crippen LogP contribution in [0.15, 0.2) is 18.2 Å². The largest absolute Gasteiger partial charge is 0.478 e. The van der Waals surface area contributed by atoms with Crippen LogP contribution >= 0.6 is 0 Å². The van der Waals surface area contributed by atoms with E-state index < -0.39 is 5.97 Å². The summed E-state index contributed by atoms with van der Waals surface area (Å²) < 4.78 is 0. The van der Waals surface area contributed by atoms with Gasteiger partial charge in [0.25, 0.3) is 0 Å². The van der Waals surface area contributed by atoms with Crippen LogP contribution in [-0.2, 0) is 0 Å². The number of aryl methyl sites for hydroxylation is 1. The van der Waals surface area contributed by atoms with E-state index in [9.17, 15) is 9.59 Å². The molecular weight excluding hydrogens is 258 g/mol. The first kappa shape index (κ1) is 15.5. The number of carbonyl (C=O) groups is 2. The number of hydrogen-bond donors (Lipinski definition) is 2. The molecule has 2 N–H and O–H groups in total. The van der Waals surface area contributed by atoms with Crippen LogP contribution in [0.3, 0.4) is 0 Å². The molecule has 0 heterocycles. The lowest BCUT2D eigenvalue weighted by Crippen LogP contribution is -2.34. The molecule has 6 heteroatoms. The van der Waals surface area contributed by atoms with Gasteiger partial charge < -0.3 is 15.3 Å². The monoisotopic (exact) mass is 275 g/mol. The zero-order valence-corrected chi connectivity index (χ0v) is 11.7. The number of anilines is 1. The maximum absolute atomic E-state index is 12.0. The number of amides is 2. The zero-order valence-electron chi connectivity index (χ0n) is 11.7. The predicted octanol–water partition coefficient (Wildman–Crippen LogP) is 2.32. The van der Waals surface area contributed by atoms with Crippen LogP contribution in [0.4, 0.5) is 10.5 Å². The second kappa shape index (κ2) is 6.57. The number of carboxylic acids is 1. The summed E-state index contributed by atoms with van der Waals surface area (Å²) in [4.78, 5) is 24.3. The molecule has 1 aromatic carbocycles. The van der Waals surface area contributed by atoms with E-state index in [1.165, 1.54) is 17.0 Å². The van der Waals surface area contributed by atoms with Crippen LogP contribution in [0, 0.1) is 24.2 Å². The first-order valence-corrected chi connectivity index (χ1v) is 6.10. The molecular formula is C14H17N3O3. The molecule has 0 saturated carbocycles. The molecule has 0 bridgehead atoms. The van der Waals surface area contributed by atoms with E-state index in [1.807, 2.05) is 0 Å². The average molecular weight is 275 g/mol. The highest BCUT2D eigenvalue weighted by Gasteiger charge is 2.14. The number of nitrogens with zero attached hydrogens (tertiary/aromatic N) is 2. The second-order valence-electron chi connectivity index (χ2n) is 4.68. The highest BCUT2D eigenvalue weighted by molar-refractivity contribution is 5.93. The van der Waals surface area contributed by atoms with Crippen molar-refractivity contribution in [2.24, 2.45) is 5.92 Å². The molecule has 0 fully saturated rings. The topological polar surface area (TPSA) is 93.4 Å². The van der Waals surface area contributed by atoms with Gasteiger partial charge in [0.15, 0.2) is 0 Å². The number of nitriles is 1. The maximum Gasteiger partial charge on any atom is 0.335 e. The minimum Gasteiger partial charge on any atom is -0.478 e. The van der Waals surface area contributed by atoms with Crippen molar-refractivity contribution in [1.29, 1.82) is 5.26 Å². The maximum atomic E-state index is 12.0. The number of hydrogen-bond acceptors (Lipinski definition) is 3. The van der Waals surface area contributed by atoms with Gasteiger partial charge in [0.05, 0.1) is 17.6 Å². The first-order chi connectivity index (χ1) is 9.35. The molecule has 1 atom stereocenters. The Morgan fingerprint density at radius 3 is 2.70 bits per heavy atom. The normalized spacial score (nSPS) is 11.3. The fourth-order valence-corrected chi connectivity index (χ4v) is 1.63. The Kier molecular flexibility index (Phi) is 5.09. The molecule has 20 heavy (non-hydrogen) atoms. The molecule has 0 aromatic heterocycles. The molecule has 0 radical (unpaired) electrons. The molecule has 1 aromatic rings. The molecule has 106 valence electrons. The fourth-order valence-electron chi connectivity index (χ4n) is 1.63. The van der Waals surface area contributed by atoms with E-state index in [0.717, 1.165) is 5.56 Å². The Morgan fingerprint density at radius 2 is 2.15 bits per heavy atom. The molecule has 1 rings (SSSR count). The molecule has 2 amide bonds. The Hall–Kier alpha value is -2.55. The number of nitrogens with one attached hydrogen (secondary N) is 1. The molecule has 1 unspecified atom stereocenters. The van der Waals surface area contributed by atoms with E-state index in [1.54, 1.807) is 27.0 Å². The number of aromatic carboxylic acids is 1. The van der Waals surface area contributed by atoms with Crippen LogP contribution in [0.25, 0.3) is 0 Å². The summed E-state index contributed by atoms with van der Waals surface area (Å²) in [7, 11) is 1.58. The van der Waals surface area contributed by atoms with Gasteiger partial charge in [-0.3, -0.25) is 0 Å².